The number of nitriles is 1. The van der Waals surface area contributed by atoms with Crippen molar-refractivity contribution in [1.82, 2.24) is 4.98 Å². The molecule has 0 unspecified atom stereocenters. The van der Waals surface area contributed by atoms with Crippen LogP contribution in [0.2, 0.25) is 0 Å². The van der Waals surface area contributed by atoms with Gasteiger partial charge in [-0.05, 0) is 31.4 Å². The third-order valence-corrected chi connectivity index (χ3v) is 5.55. The van der Waals surface area contributed by atoms with E-state index in [1.165, 1.54) is 6.42 Å². The Kier molecular flexibility index (Phi) is 3.91. The number of nitrogens with zero attached hydrogens (tertiary/aromatic N) is 3. The number of anilines is 2. The van der Waals surface area contributed by atoms with Crippen LogP contribution in [0.3, 0.4) is 0 Å². The van der Waals surface area contributed by atoms with Gasteiger partial charge >= 0.3 is 0 Å². The van der Waals surface area contributed by atoms with Gasteiger partial charge < -0.3 is 15.1 Å². The van der Waals surface area contributed by atoms with Crippen molar-refractivity contribution in [2.24, 2.45) is 0 Å². The van der Waals surface area contributed by atoms with Gasteiger partial charge in [0.1, 0.15) is 17.6 Å². The largest absolute Gasteiger partial charge is 0.464 e. The molecule has 0 aliphatic carbocycles. The Morgan fingerprint density at radius 1 is 1.04 bits per heavy atom. The standard InChI is InChI=1S/C23H20N4O/c24-14-17-15-7-2-3-8-16(15)23-22(21(17)19-9-6-12-28-19)18(13-20(25)26-23)27-10-4-1-5-11-27/h2-3,6-9,12-13H,1,4-5,10-11H2,(H2,25,26). The number of piperidine rings is 1. The van der Waals surface area contributed by atoms with Crippen LogP contribution < -0.4 is 10.6 Å². The van der Waals surface area contributed by atoms with Gasteiger partial charge in [0.15, 0.2) is 0 Å². The van der Waals surface area contributed by atoms with Gasteiger partial charge in [0, 0.05) is 40.9 Å². The summed E-state index contributed by atoms with van der Waals surface area (Å²) in [5.74, 6) is 1.17. The molecular formula is C23H20N4O. The molecule has 4 aromatic rings. The van der Waals surface area contributed by atoms with Crippen molar-refractivity contribution >= 4 is 33.2 Å². The first-order valence-corrected chi connectivity index (χ1v) is 9.62. The van der Waals surface area contributed by atoms with Crippen LogP contribution in [0.25, 0.3) is 33.0 Å². The summed E-state index contributed by atoms with van der Waals surface area (Å²) in [5, 5.41) is 12.8. The van der Waals surface area contributed by atoms with Gasteiger partial charge in [-0.15, -0.1) is 0 Å². The molecule has 5 heteroatoms. The number of benzene rings is 2. The van der Waals surface area contributed by atoms with E-state index < -0.39 is 0 Å². The van der Waals surface area contributed by atoms with Crippen LogP contribution in [0.15, 0.2) is 53.1 Å². The molecule has 5 rings (SSSR count). The van der Waals surface area contributed by atoms with Crippen LogP contribution in [0, 0.1) is 11.3 Å². The van der Waals surface area contributed by atoms with E-state index in [0.717, 1.165) is 58.9 Å². The lowest BCUT2D eigenvalue weighted by Gasteiger charge is -2.30. The highest BCUT2D eigenvalue weighted by atomic mass is 16.3. The zero-order valence-electron chi connectivity index (χ0n) is 15.5. The predicted octanol–water partition coefficient (Wildman–Crippen LogP) is 5.09. The van der Waals surface area contributed by atoms with Crippen molar-refractivity contribution < 1.29 is 4.42 Å². The molecule has 1 fully saturated rings. The van der Waals surface area contributed by atoms with E-state index >= 15 is 0 Å². The van der Waals surface area contributed by atoms with Crippen molar-refractivity contribution in [3.8, 4) is 17.4 Å². The number of pyridine rings is 1. The zero-order valence-corrected chi connectivity index (χ0v) is 15.5. The highest BCUT2D eigenvalue weighted by molar-refractivity contribution is 6.19. The van der Waals surface area contributed by atoms with E-state index in [2.05, 4.69) is 11.0 Å². The minimum Gasteiger partial charge on any atom is -0.464 e. The fourth-order valence-electron chi connectivity index (χ4n) is 4.33. The van der Waals surface area contributed by atoms with Gasteiger partial charge in [0.2, 0.25) is 0 Å². The maximum atomic E-state index is 10.1. The Bertz CT molecular complexity index is 1220. The van der Waals surface area contributed by atoms with Crippen LogP contribution >= 0.6 is 0 Å². The average Bonchev–Trinajstić information content (AvgIpc) is 3.27. The number of fused-ring (bicyclic) bond motifs is 3. The van der Waals surface area contributed by atoms with Crippen molar-refractivity contribution in [2.75, 3.05) is 23.7 Å². The summed E-state index contributed by atoms with van der Waals surface area (Å²) in [6.45, 7) is 1.95. The molecule has 1 aliphatic heterocycles. The molecule has 138 valence electrons. The molecule has 3 heterocycles. The fourth-order valence-corrected chi connectivity index (χ4v) is 4.33. The third kappa shape index (κ3) is 2.49. The first-order valence-electron chi connectivity index (χ1n) is 9.62. The fraction of sp³-hybridized carbons (Fsp3) is 0.217. The first-order chi connectivity index (χ1) is 13.8. The van der Waals surface area contributed by atoms with Crippen molar-refractivity contribution in [3.63, 3.8) is 0 Å². The highest BCUT2D eigenvalue weighted by Crippen LogP contribution is 2.43. The summed E-state index contributed by atoms with van der Waals surface area (Å²) < 4.78 is 5.76. The summed E-state index contributed by atoms with van der Waals surface area (Å²) in [5.41, 5.74) is 9.51. The van der Waals surface area contributed by atoms with E-state index in [9.17, 15) is 5.26 Å². The lowest BCUT2D eigenvalue weighted by molar-refractivity contribution is 0.578. The van der Waals surface area contributed by atoms with Gasteiger partial charge in [0.25, 0.3) is 0 Å². The normalized spacial score (nSPS) is 14.5. The van der Waals surface area contributed by atoms with Gasteiger partial charge in [-0.1, -0.05) is 24.3 Å². The number of rotatable bonds is 2. The minimum atomic E-state index is 0.494. The molecule has 0 atom stereocenters. The molecule has 5 nitrogen and oxygen atoms in total. The summed E-state index contributed by atoms with van der Waals surface area (Å²) in [6.07, 6.45) is 5.19. The van der Waals surface area contributed by atoms with E-state index in [1.807, 2.05) is 42.5 Å². The second kappa shape index (κ2) is 6.58. The van der Waals surface area contributed by atoms with Crippen LogP contribution in [0.1, 0.15) is 24.8 Å². The number of hydrogen-bond acceptors (Lipinski definition) is 5. The number of nitrogens with two attached hydrogens (primary N) is 1. The van der Waals surface area contributed by atoms with E-state index in [1.54, 1.807) is 6.26 Å². The number of furan rings is 1. The summed E-state index contributed by atoms with van der Waals surface area (Å²) in [4.78, 5) is 7.07. The van der Waals surface area contributed by atoms with E-state index in [4.69, 9.17) is 15.1 Å². The Balaban J connectivity index is 1.99. The van der Waals surface area contributed by atoms with Gasteiger partial charge in [-0.2, -0.15) is 5.26 Å². The molecule has 0 amide bonds. The molecular weight excluding hydrogens is 348 g/mol. The molecule has 0 bridgehead atoms. The van der Waals surface area contributed by atoms with Gasteiger partial charge in [-0.3, -0.25) is 0 Å². The Labute approximate surface area is 163 Å². The van der Waals surface area contributed by atoms with Crippen LogP contribution in [0.4, 0.5) is 11.5 Å². The summed E-state index contributed by atoms with van der Waals surface area (Å²) in [6, 6.07) is 16.0. The predicted molar refractivity (Wildman–Crippen MR) is 112 cm³/mol. The number of aromatic nitrogens is 1. The maximum absolute atomic E-state index is 10.1. The minimum absolute atomic E-state index is 0.494. The second-order valence-electron chi connectivity index (χ2n) is 7.22. The second-order valence-corrected chi connectivity index (χ2v) is 7.22. The Morgan fingerprint density at radius 3 is 2.54 bits per heavy atom. The smallest absolute Gasteiger partial charge is 0.135 e. The lowest BCUT2D eigenvalue weighted by atomic mass is 9.91. The number of hydrogen-bond donors (Lipinski definition) is 1. The Hall–Kier alpha value is -3.52. The van der Waals surface area contributed by atoms with Crippen molar-refractivity contribution in [3.05, 3.63) is 54.3 Å². The Morgan fingerprint density at radius 2 is 1.82 bits per heavy atom. The molecule has 0 saturated carbocycles. The van der Waals surface area contributed by atoms with Gasteiger partial charge in [0.05, 0.1) is 23.0 Å². The molecule has 2 aromatic carbocycles. The van der Waals surface area contributed by atoms with Gasteiger partial charge in [-0.25, -0.2) is 4.98 Å². The van der Waals surface area contributed by atoms with Crippen LogP contribution in [-0.2, 0) is 0 Å². The third-order valence-electron chi connectivity index (χ3n) is 5.55. The molecule has 2 aromatic heterocycles. The van der Waals surface area contributed by atoms with Crippen molar-refractivity contribution in [2.45, 2.75) is 19.3 Å². The first kappa shape index (κ1) is 16.6. The van der Waals surface area contributed by atoms with E-state index in [0.29, 0.717) is 17.1 Å². The molecule has 28 heavy (non-hydrogen) atoms. The quantitative estimate of drug-likeness (QED) is 0.498. The number of nitrogen functional groups attached to an aromatic ring is 1. The van der Waals surface area contributed by atoms with Crippen molar-refractivity contribution in [1.29, 1.82) is 5.26 Å². The molecule has 0 spiro atoms. The summed E-state index contributed by atoms with van der Waals surface area (Å²) in [7, 11) is 0. The highest BCUT2D eigenvalue weighted by Gasteiger charge is 2.24. The van der Waals surface area contributed by atoms with Crippen LogP contribution in [0.5, 0.6) is 0 Å². The topological polar surface area (TPSA) is 79.1 Å². The molecule has 1 saturated heterocycles. The SMILES string of the molecule is N#Cc1c(-c2ccco2)c2c(N3CCCCC3)cc(N)nc2c2ccccc12. The monoisotopic (exact) mass is 368 g/mol. The average molecular weight is 368 g/mol. The molecule has 0 radical (unpaired) electrons. The lowest BCUT2D eigenvalue weighted by Crippen LogP contribution is -2.29. The molecule has 2 N–H and O–H groups in total. The van der Waals surface area contributed by atoms with E-state index in [-0.39, 0.29) is 0 Å². The van der Waals surface area contributed by atoms with Crippen LogP contribution in [-0.4, -0.2) is 18.1 Å². The maximum Gasteiger partial charge on any atom is 0.135 e. The summed E-state index contributed by atoms with van der Waals surface area (Å²) >= 11 is 0. The molecule has 1 aliphatic rings. The zero-order chi connectivity index (χ0) is 19.1.